The fraction of sp³-hybridized carbons (Fsp3) is 0.529. The predicted molar refractivity (Wildman–Crippen MR) is 89.1 cm³/mol. The van der Waals surface area contributed by atoms with Gasteiger partial charge in [0.15, 0.2) is 0 Å². The van der Waals surface area contributed by atoms with E-state index in [9.17, 15) is 30.0 Å². The van der Waals surface area contributed by atoms with Gasteiger partial charge in [0.05, 0.1) is 5.69 Å². The molecule has 0 radical (unpaired) electrons. The average molecular weight is 350 g/mol. The highest BCUT2D eigenvalue weighted by Crippen LogP contribution is 2.46. The normalized spacial score (nSPS) is 22.0. The molecule has 0 aromatic heterocycles. The standard InChI is InChI=1S/C17H22N2O6/c20-7-12(8-21)5-11-1-2-14-13(6-11)17(10-19(14)16(24)25)3-4-18(9-17)15(22)23/h1-2,6,12,20-21H,3-5,7-10H2,(H,22,23)(H,24,25). The number of carbonyl (C=O) groups is 2. The molecule has 8 nitrogen and oxygen atoms in total. The first kappa shape index (κ1) is 17.5. The maximum Gasteiger partial charge on any atom is 0.411 e. The van der Waals surface area contributed by atoms with Gasteiger partial charge in [-0.1, -0.05) is 12.1 Å². The maximum absolute atomic E-state index is 11.6. The van der Waals surface area contributed by atoms with Crippen LogP contribution in [0.4, 0.5) is 15.3 Å². The summed E-state index contributed by atoms with van der Waals surface area (Å²) in [6.07, 6.45) is -0.998. The van der Waals surface area contributed by atoms with Crippen molar-refractivity contribution in [1.29, 1.82) is 0 Å². The molecule has 1 unspecified atom stereocenters. The van der Waals surface area contributed by atoms with Gasteiger partial charge in [0.2, 0.25) is 0 Å². The molecule has 0 saturated carbocycles. The van der Waals surface area contributed by atoms with Crippen LogP contribution in [0.1, 0.15) is 17.5 Å². The van der Waals surface area contributed by atoms with Crippen LogP contribution in [0.2, 0.25) is 0 Å². The number of benzene rings is 1. The van der Waals surface area contributed by atoms with Crippen molar-refractivity contribution in [3.05, 3.63) is 29.3 Å². The lowest BCUT2D eigenvalue weighted by molar-refractivity contribution is 0.150. The minimum atomic E-state index is -1.05. The molecule has 2 heterocycles. The first-order valence-corrected chi connectivity index (χ1v) is 8.23. The van der Waals surface area contributed by atoms with E-state index in [-0.39, 0.29) is 32.2 Å². The maximum atomic E-state index is 11.6. The van der Waals surface area contributed by atoms with E-state index in [1.807, 2.05) is 6.07 Å². The number of likely N-dealkylation sites (tertiary alicyclic amines) is 1. The van der Waals surface area contributed by atoms with E-state index in [0.717, 1.165) is 11.1 Å². The number of aliphatic hydroxyl groups is 2. The Bertz CT molecular complexity index is 690. The predicted octanol–water partition coefficient (Wildman–Crippen LogP) is 0.949. The van der Waals surface area contributed by atoms with Crippen molar-refractivity contribution in [2.24, 2.45) is 5.92 Å². The third kappa shape index (κ3) is 3.03. The van der Waals surface area contributed by atoms with E-state index in [1.54, 1.807) is 12.1 Å². The lowest BCUT2D eigenvalue weighted by Crippen LogP contribution is -2.39. The molecular weight excluding hydrogens is 328 g/mol. The van der Waals surface area contributed by atoms with Gasteiger partial charge in [-0.25, -0.2) is 9.59 Å². The average Bonchev–Trinajstić information content (AvgIpc) is 3.16. The molecule has 25 heavy (non-hydrogen) atoms. The van der Waals surface area contributed by atoms with Crippen molar-refractivity contribution in [3.8, 4) is 0 Å². The van der Waals surface area contributed by atoms with E-state index < -0.39 is 17.6 Å². The van der Waals surface area contributed by atoms with E-state index in [1.165, 1.54) is 9.80 Å². The minimum Gasteiger partial charge on any atom is -0.465 e. The largest absolute Gasteiger partial charge is 0.465 e. The Labute approximate surface area is 144 Å². The van der Waals surface area contributed by atoms with Crippen molar-refractivity contribution < 1.29 is 30.0 Å². The smallest absolute Gasteiger partial charge is 0.411 e. The SMILES string of the molecule is O=C(O)N1CCC2(C1)CN(C(=O)O)c1ccc(CC(CO)CO)cc12. The Morgan fingerprint density at radius 3 is 2.40 bits per heavy atom. The zero-order valence-electron chi connectivity index (χ0n) is 13.8. The molecule has 8 heteroatoms. The molecule has 1 spiro atoms. The summed E-state index contributed by atoms with van der Waals surface area (Å²) in [4.78, 5) is 25.5. The highest BCUT2D eigenvalue weighted by Gasteiger charge is 2.50. The summed E-state index contributed by atoms with van der Waals surface area (Å²) in [5.41, 5.74) is 1.79. The second-order valence-corrected chi connectivity index (χ2v) is 6.89. The van der Waals surface area contributed by atoms with Gasteiger partial charge in [-0.15, -0.1) is 0 Å². The van der Waals surface area contributed by atoms with Crippen LogP contribution < -0.4 is 4.90 Å². The number of amides is 2. The van der Waals surface area contributed by atoms with E-state index in [2.05, 4.69) is 0 Å². The summed E-state index contributed by atoms with van der Waals surface area (Å²) in [5, 5.41) is 37.3. The van der Waals surface area contributed by atoms with Crippen LogP contribution >= 0.6 is 0 Å². The summed E-state index contributed by atoms with van der Waals surface area (Å²) >= 11 is 0. The van der Waals surface area contributed by atoms with Gasteiger partial charge in [-0.2, -0.15) is 0 Å². The molecule has 2 aliphatic rings. The molecule has 0 bridgehead atoms. The summed E-state index contributed by atoms with van der Waals surface area (Å²) in [7, 11) is 0. The van der Waals surface area contributed by atoms with Crippen molar-refractivity contribution >= 4 is 17.9 Å². The Hall–Kier alpha value is -2.32. The second kappa shape index (κ2) is 6.53. The Morgan fingerprint density at radius 2 is 1.84 bits per heavy atom. The molecule has 1 aromatic rings. The quantitative estimate of drug-likeness (QED) is 0.641. The first-order valence-electron chi connectivity index (χ1n) is 8.23. The van der Waals surface area contributed by atoms with Gasteiger partial charge in [-0.3, -0.25) is 4.90 Å². The van der Waals surface area contributed by atoms with Crippen LogP contribution in [-0.2, 0) is 11.8 Å². The molecule has 2 amide bonds. The van der Waals surface area contributed by atoms with Gasteiger partial charge in [-0.05, 0) is 30.0 Å². The van der Waals surface area contributed by atoms with Crippen LogP contribution in [0, 0.1) is 5.92 Å². The Kier molecular flexibility index (Phi) is 4.57. The van der Waals surface area contributed by atoms with Gasteiger partial charge in [0.25, 0.3) is 0 Å². The third-order valence-electron chi connectivity index (χ3n) is 5.28. The van der Waals surface area contributed by atoms with Gasteiger partial charge in [0.1, 0.15) is 0 Å². The van der Waals surface area contributed by atoms with Gasteiger partial charge in [0, 0.05) is 44.2 Å². The van der Waals surface area contributed by atoms with Crippen LogP contribution in [0.25, 0.3) is 0 Å². The van der Waals surface area contributed by atoms with Crippen LogP contribution in [0.5, 0.6) is 0 Å². The van der Waals surface area contributed by atoms with Crippen LogP contribution in [0.3, 0.4) is 0 Å². The second-order valence-electron chi connectivity index (χ2n) is 6.89. The first-order chi connectivity index (χ1) is 11.9. The lowest BCUT2D eigenvalue weighted by atomic mass is 9.80. The Balaban J connectivity index is 1.97. The zero-order chi connectivity index (χ0) is 18.2. The monoisotopic (exact) mass is 350 g/mol. The highest BCUT2D eigenvalue weighted by molar-refractivity contribution is 5.90. The number of hydrogen-bond donors (Lipinski definition) is 4. The molecule has 1 aromatic carbocycles. The van der Waals surface area contributed by atoms with Crippen molar-refractivity contribution in [2.45, 2.75) is 18.3 Å². The highest BCUT2D eigenvalue weighted by atomic mass is 16.4. The number of fused-ring (bicyclic) bond motifs is 2. The zero-order valence-corrected chi connectivity index (χ0v) is 13.8. The number of carboxylic acid groups (broad SMARTS) is 2. The number of anilines is 1. The number of nitrogens with zero attached hydrogens (tertiary/aromatic N) is 2. The van der Waals surface area contributed by atoms with E-state index in [4.69, 9.17) is 0 Å². The molecule has 0 aliphatic carbocycles. The number of hydrogen-bond acceptors (Lipinski definition) is 4. The molecule has 2 aliphatic heterocycles. The number of rotatable bonds is 4. The van der Waals surface area contributed by atoms with Crippen molar-refractivity contribution in [1.82, 2.24) is 4.90 Å². The number of aliphatic hydroxyl groups excluding tert-OH is 2. The summed E-state index contributed by atoms with van der Waals surface area (Å²) in [6, 6.07) is 5.45. The molecular formula is C17H22N2O6. The summed E-state index contributed by atoms with van der Waals surface area (Å²) in [6.45, 7) is 0.627. The topological polar surface area (TPSA) is 122 Å². The summed E-state index contributed by atoms with van der Waals surface area (Å²) in [5.74, 6) is -0.273. The minimum absolute atomic E-state index is 0.132. The third-order valence-corrected chi connectivity index (χ3v) is 5.28. The van der Waals surface area contributed by atoms with Gasteiger partial charge < -0.3 is 25.3 Å². The van der Waals surface area contributed by atoms with Crippen LogP contribution in [0.15, 0.2) is 18.2 Å². The lowest BCUT2D eigenvalue weighted by Gasteiger charge is -2.24. The van der Waals surface area contributed by atoms with Crippen molar-refractivity contribution in [2.75, 3.05) is 37.7 Å². The molecule has 3 rings (SSSR count). The van der Waals surface area contributed by atoms with E-state index in [0.29, 0.717) is 25.1 Å². The fourth-order valence-electron chi connectivity index (χ4n) is 3.92. The molecule has 136 valence electrons. The molecule has 1 fully saturated rings. The van der Waals surface area contributed by atoms with Gasteiger partial charge >= 0.3 is 12.2 Å². The van der Waals surface area contributed by atoms with Crippen LogP contribution in [-0.4, -0.2) is 70.4 Å². The van der Waals surface area contributed by atoms with Crippen molar-refractivity contribution in [3.63, 3.8) is 0 Å². The molecule has 4 N–H and O–H groups in total. The fourth-order valence-corrected chi connectivity index (χ4v) is 3.92. The Morgan fingerprint density at radius 1 is 1.12 bits per heavy atom. The molecule has 1 saturated heterocycles. The van der Waals surface area contributed by atoms with E-state index >= 15 is 0 Å². The summed E-state index contributed by atoms with van der Waals surface area (Å²) < 4.78 is 0. The molecule has 1 atom stereocenters.